The summed E-state index contributed by atoms with van der Waals surface area (Å²) in [5.74, 6) is -0.690. The first kappa shape index (κ1) is 12.6. The second-order valence-electron chi connectivity index (χ2n) is 3.66. The van der Waals surface area contributed by atoms with Crippen molar-refractivity contribution in [2.75, 3.05) is 5.32 Å². The van der Waals surface area contributed by atoms with Gasteiger partial charge in [-0.05, 0) is 17.9 Å². The summed E-state index contributed by atoms with van der Waals surface area (Å²) in [6.07, 6.45) is 4.30. The number of aryl methyl sites for hydroxylation is 1. The number of imidazole rings is 1. The minimum atomic E-state index is -0.640. The van der Waals surface area contributed by atoms with Gasteiger partial charge in [-0.1, -0.05) is 4.98 Å². The van der Waals surface area contributed by atoms with Crippen molar-refractivity contribution in [2.24, 2.45) is 0 Å². The molecule has 9 nitrogen and oxygen atoms in total. The highest BCUT2D eigenvalue weighted by Gasteiger charge is 2.20. The van der Waals surface area contributed by atoms with Crippen LogP contribution in [0.15, 0.2) is 24.7 Å². The summed E-state index contributed by atoms with van der Waals surface area (Å²) in [5.41, 5.74) is 0.524. The summed E-state index contributed by atoms with van der Waals surface area (Å²) in [6.45, 7) is 1.41. The van der Waals surface area contributed by atoms with Gasteiger partial charge in [0.15, 0.2) is 6.54 Å². The van der Waals surface area contributed by atoms with Gasteiger partial charge in [0.05, 0.1) is 0 Å². The van der Waals surface area contributed by atoms with Crippen LogP contribution in [0.5, 0.6) is 0 Å². The summed E-state index contributed by atoms with van der Waals surface area (Å²) < 4.78 is 1.21. The van der Waals surface area contributed by atoms with E-state index in [4.69, 9.17) is 0 Å². The fraction of sp³-hybridized carbons (Fsp3) is 0.200. The SMILES string of the molecule is Cc1cnc([N+](=O)[O-])n1CC(=O)Nc1ncccn1. The van der Waals surface area contributed by atoms with Crippen molar-refractivity contribution < 1.29 is 9.72 Å². The van der Waals surface area contributed by atoms with Crippen molar-refractivity contribution in [1.82, 2.24) is 19.5 Å². The minimum Gasteiger partial charge on any atom is -0.390 e. The second-order valence-corrected chi connectivity index (χ2v) is 3.66. The highest BCUT2D eigenvalue weighted by atomic mass is 16.6. The fourth-order valence-electron chi connectivity index (χ4n) is 1.46. The zero-order chi connectivity index (χ0) is 13.8. The Morgan fingerprint density at radius 2 is 2.11 bits per heavy atom. The van der Waals surface area contributed by atoms with E-state index >= 15 is 0 Å². The molecular formula is C10H10N6O3. The molecule has 2 aromatic rings. The van der Waals surface area contributed by atoms with Crippen molar-refractivity contribution in [2.45, 2.75) is 13.5 Å². The number of carbonyl (C=O) groups excluding carboxylic acids is 1. The molecule has 0 aromatic carbocycles. The molecule has 1 N–H and O–H groups in total. The van der Waals surface area contributed by atoms with Gasteiger partial charge in [0.25, 0.3) is 5.91 Å². The van der Waals surface area contributed by atoms with E-state index in [0.717, 1.165) is 0 Å². The predicted octanol–water partition coefficient (Wildman–Crippen LogP) is 0.528. The average Bonchev–Trinajstić information content (AvgIpc) is 2.72. The van der Waals surface area contributed by atoms with Gasteiger partial charge in [0.1, 0.15) is 11.9 Å². The lowest BCUT2D eigenvalue weighted by molar-refractivity contribution is -0.396. The molecule has 2 heterocycles. The maximum Gasteiger partial charge on any atom is 0.435 e. The highest BCUT2D eigenvalue weighted by Crippen LogP contribution is 2.12. The van der Waals surface area contributed by atoms with Crippen LogP contribution in [-0.2, 0) is 11.3 Å². The number of nitrogens with one attached hydrogen (secondary N) is 1. The maximum atomic E-state index is 11.7. The average molecular weight is 262 g/mol. The number of anilines is 1. The zero-order valence-electron chi connectivity index (χ0n) is 9.98. The van der Waals surface area contributed by atoms with Crippen LogP contribution in [0.4, 0.5) is 11.9 Å². The van der Waals surface area contributed by atoms with Crippen LogP contribution in [0.3, 0.4) is 0 Å². The first-order valence-corrected chi connectivity index (χ1v) is 5.31. The number of hydrogen-bond acceptors (Lipinski definition) is 6. The van der Waals surface area contributed by atoms with Crippen molar-refractivity contribution in [3.63, 3.8) is 0 Å². The molecule has 0 saturated heterocycles. The third-order valence-electron chi connectivity index (χ3n) is 2.32. The molecule has 0 spiro atoms. The number of carbonyl (C=O) groups is 1. The smallest absolute Gasteiger partial charge is 0.390 e. The summed E-state index contributed by atoms with van der Waals surface area (Å²) in [7, 11) is 0. The zero-order valence-corrected chi connectivity index (χ0v) is 9.98. The Labute approximate surface area is 107 Å². The van der Waals surface area contributed by atoms with Crippen LogP contribution in [0, 0.1) is 17.0 Å². The lowest BCUT2D eigenvalue weighted by Crippen LogP contribution is -2.21. The Kier molecular flexibility index (Phi) is 3.46. The molecule has 1 amide bonds. The topological polar surface area (TPSA) is 116 Å². The number of amides is 1. The molecule has 0 bridgehead atoms. The number of nitrogens with zero attached hydrogens (tertiary/aromatic N) is 5. The quantitative estimate of drug-likeness (QED) is 0.634. The normalized spacial score (nSPS) is 10.2. The van der Waals surface area contributed by atoms with E-state index in [1.165, 1.54) is 23.2 Å². The lowest BCUT2D eigenvalue weighted by atomic mass is 10.5. The monoisotopic (exact) mass is 262 g/mol. The second kappa shape index (κ2) is 5.21. The maximum absolute atomic E-state index is 11.7. The molecule has 0 saturated carbocycles. The van der Waals surface area contributed by atoms with Crippen molar-refractivity contribution >= 4 is 17.8 Å². The molecule has 2 rings (SSSR count). The van der Waals surface area contributed by atoms with E-state index < -0.39 is 10.8 Å². The van der Waals surface area contributed by atoms with E-state index in [2.05, 4.69) is 20.3 Å². The van der Waals surface area contributed by atoms with Crippen LogP contribution in [0.2, 0.25) is 0 Å². The van der Waals surface area contributed by atoms with Crippen LogP contribution < -0.4 is 5.32 Å². The Hall–Kier alpha value is -2.84. The molecule has 0 aliphatic carbocycles. The first-order chi connectivity index (χ1) is 9.08. The molecule has 0 aliphatic heterocycles. The Balaban J connectivity index is 2.11. The molecule has 9 heteroatoms. The van der Waals surface area contributed by atoms with Gasteiger partial charge in [-0.25, -0.2) is 14.5 Å². The molecule has 0 radical (unpaired) electrons. The third-order valence-corrected chi connectivity index (χ3v) is 2.32. The number of nitro groups is 1. The Morgan fingerprint density at radius 1 is 1.42 bits per heavy atom. The van der Waals surface area contributed by atoms with Gasteiger partial charge >= 0.3 is 5.95 Å². The summed E-state index contributed by atoms with van der Waals surface area (Å²) in [6, 6.07) is 1.61. The van der Waals surface area contributed by atoms with Gasteiger partial charge in [0, 0.05) is 12.4 Å². The van der Waals surface area contributed by atoms with E-state index in [-0.39, 0.29) is 18.4 Å². The van der Waals surface area contributed by atoms with Crippen molar-refractivity contribution in [3.05, 3.63) is 40.5 Å². The summed E-state index contributed by atoms with van der Waals surface area (Å²) in [5, 5.41) is 13.2. The van der Waals surface area contributed by atoms with Crippen molar-refractivity contribution in [3.8, 4) is 0 Å². The largest absolute Gasteiger partial charge is 0.435 e. The summed E-state index contributed by atoms with van der Waals surface area (Å²) in [4.78, 5) is 33.1. The molecule has 0 unspecified atom stereocenters. The van der Waals surface area contributed by atoms with E-state index in [1.807, 2.05) is 0 Å². The van der Waals surface area contributed by atoms with Gasteiger partial charge in [-0.3, -0.25) is 10.1 Å². The molecule has 0 atom stereocenters. The number of rotatable bonds is 4. The minimum absolute atomic E-state index is 0.146. The third kappa shape index (κ3) is 2.89. The van der Waals surface area contributed by atoms with E-state index in [9.17, 15) is 14.9 Å². The van der Waals surface area contributed by atoms with Crippen molar-refractivity contribution in [1.29, 1.82) is 0 Å². The standard InChI is InChI=1S/C10H10N6O3/c1-7-5-13-10(16(18)19)15(7)6-8(17)14-9-11-3-2-4-12-9/h2-5H,6H2,1H3,(H,11,12,14,17). The van der Waals surface area contributed by atoms with Crippen LogP contribution in [0.25, 0.3) is 0 Å². The first-order valence-electron chi connectivity index (χ1n) is 5.31. The van der Waals surface area contributed by atoms with E-state index in [0.29, 0.717) is 5.69 Å². The molecule has 0 aliphatic rings. The molecular weight excluding hydrogens is 252 g/mol. The Bertz CT molecular complexity index is 609. The van der Waals surface area contributed by atoms with Gasteiger partial charge in [0.2, 0.25) is 5.95 Å². The highest BCUT2D eigenvalue weighted by molar-refractivity contribution is 5.88. The van der Waals surface area contributed by atoms with Crippen LogP contribution >= 0.6 is 0 Å². The number of hydrogen-bond donors (Lipinski definition) is 1. The molecule has 19 heavy (non-hydrogen) atoms. The molecule has 98 valence electrons. The summed E-state index contributed by atoms with van der Waals surface area (Å²) >= 11 is 0. The van der Waals surface area contributed by atoms with Gasteiger partial charge < -0.3 is 10.1 Å². The predicted molar refractivity (Wildman–Crippen MR) is 64.3 cm³/mol. The van der Waals surface area contributed by atoms with Gasteiger partial charge in [-0.15, -0.1) is 0 Å². The van der Waals surface area contributed by atoms with Gasteiger partial charge in [-0.2, -0.15) is 0 Å². The molecule has 0 fully saturated rings. The fourth-order valence-corrected chi connectivity index (χ4v) is 1.46. The molecule has 2 aromatic heterocycles. The van der Waals surface area contributed by atoms with E-state index in [1.54, 1.807) is 13.0 Å². The number of aromatic nitrogens is 4. The lowest BCUT2D eigenvalue weighted by Gasteiger charge is -2.04. The van der Waals surface area contributed by atoms with Crippen LogP contribution in [-0.4, -0.2) is 30.3 Å². The van der Waals surface area contributed by atoms with Crippen LogP contribution in [0.1, 0.15) is 5.69 Å². The Morgan fingerprint density at radius 3 is 2.74 bits per heavy atom.